The first-order chi connectivity index (χ1) is 16.6. The number of aliphatic hydroxyl groups is 3. The molecule has 36 heavy (non-hydrogen) atoms. The molecule has 0 aromatic carbocycles. The van der Waals surface area contributed by atoms with Crippen LogP contribution in [0.3, 0.4) is 0 Å². The highest BCUT2D eigenvalue weighted by atomic mass is 16.5. The SMILES string of the molecule is CC(=O)O[C@@H]1C[C@]2(C)C=C[C@@](O)(CCC(C)C)[C@@]3([C@@H](O)CCC(C)(C)[C@H]13)[C@@]2(O)CCC1=CC(=O)OC1. The fourth-order valence-corrected chi connectivity index (χ4v) is 8.32. The molecule has 7 nitrogen and oxygen atoms in total. The molecule has 0 radical (unpaired) electrons. The van der Waals surface area contributed by atoms with E-state index < -0.39 is 51.5 Å². The second kappa shape index (κ2) is 8.95. The minimum atomic E-state index is -1.52. The predicted molar refractivity (Wildman–Crippen MR) is 135 cm³/mol. The van der Waals surface area contributed by atoms with E-state index in [0.29, 0.717) is 44.4 Å². The van der Waals surface area contributed by atoms with Crippen molar-refractivity contribution < 1.29 is 34.4 Å². The molecule has 0 unspecified atom stereocenters. The van der Waals surface area contributed by atoms with E-state index in [9.17, 15) is 24.9 Å². The lowest BCUT2D eigenvalue weighted by molar-refractivity contribution is -0.355. The van der Waals surface area contributed by atoms with Crippen molar-refractivity contribution in [3.8, 4) is 0 Å². The minimum absolute atomic E-state index is 0.194. The smallest absolute Gasteiger partial charge is 0.331 e. The van der Waals surface area contributed by atoms with Gasteiger partial charge in [-0.15, -0.1) is 0 Å². The zero-order valence-corrected chi connectivity index (χ0v) is 22.7. The summed E-state index contributed by atoms with van der Waals surface area (Å²) in [5, 5.41) is 37.6. The number of rotatable bonds is 7. The summed E-state index contributed by atoms with van der Waals surface area (Å²) in [5.74, 6) is -0.954. The van der Waals surface area contributed by atoms with E-state index in [0.717, 1.165) is 5.57 Å². The Labute approximate surface area is 214 Å². The van der Waals surface area contributed by atoms with Crippen LogP contribution in [-0.4, -0.2) is 57.3 Å². The van der Waals surface area contributed by atoms with Gasteiger partial charge in [-0.25, -0.2) is 4.79 Å². The molecule has 7 heteroatoms. The molecule has 202 valence electrons. The number of aliphatic hydroxyl groups excluding tert-OH is 1. The molecule has 1 heterocycles. The van der Waals surface area contributed by atoms with Gasteiger partial charge in [0.15, 0.2) is 0 Å². The molecule has 7 atom stereocenters. The molecule has 3 N–H and O–H groups in total. The average molecular weight is 505 g/mol. The van der Waals surface area contributed by atoms with E-state index in [2.05, 4.69) is 27.7 Å². The van der Waals surface area contributed by atoms with Crippen LogP contribution >= 0.6 is 0 Å². The van der Waals surface area contributed by atoms with Crippen LogP contribution in [0, 0.1) is 28.1 Å². The summed E-state index contributed by atoms with van der Waals surface area (Å²) < 4.78 is 11.1. The number of carbonyl (C=O) groups is 2. The fourth-order valence-electron chi connectivity index (χ4n) is 8.32. The second-order valence-corrected chi connectivity index (χ2v) is 13.1. The van der Waals surface area contributed by atoms with Gasteiger partial charge in [0, 0.05) is 24.3 Å². The number of ether oxygens (including phenoxy) is 2. The summed E-state index contributed by atoms with van der Waals surface area (Å²) in [4.78, 5) is 24.0. The van der Waals surface area contributed by atoms with Crippen LogP contribution in [0.15, 0.2) is 23.8 Å². The first-order valence-corrected chi connectivity index (χ1v) is 13.5. The maximum atomic E-state index is 13.0. The van der Waals surface area contributed by atoms with Gasteiger partial charge in [0.25, 0.3) is 0 Å². The molecular weight excluding hydrogens is 460 g/mol. The first-order valence-electron chi connectivity index (χ1n) is 13.5. The van der Waals surface area contributed by atoms with Crippen LogP contribution in [0.2, 0.25) is 0 Å². The molecule has 0 aromatic heterocycles. The summed E-state index contributed by atoms with van der Waals surface area (Å²) in [7, 11) is 0. The van der Waals surface area contributed by atoms with Gasteiger partial charge in [-0.05, 0) is 61.9 Å². The highest BCUT2D eigenvalue weighted by Crippen LogP contribution is 2.74. The van der Waals surface area contributed by atoms with Gasteiger partial charge in [0.1, 0.15) is 12.7 Å². The Bertz CT molecular complexity index is 967. The molecule has 0 saturated heterocycles. The van der Waals surface area contributed by atoms with Crippen LogP contribution in [0.1, 0.15) is 86.5 Å². The second-order valence-electron chi connectivity index (χ2n) is 13.1. The van der Waals surface area contributed by atoms with Gasteiger partial charge in [0.05, 0.1) is 22.7 Å². The van der Waals surface area contributed by atoms with Crippen LogP contribution in [0.4, 0.5) is 0 Å². The molecule has 1 spiro atoms. The average Bonchev–Trinajstić information content (AvgIpc) is 3.18. The van der Waals surface area contributed by atoms with Crippen LogP contribution in [-0.2, 0) is 19.1 Å². The van der Waals surface area contributed by atoms with E-state index in [4.69, 9.17) is 9.47 Å². The zero-order chi connectivity index (χ0) is 26.7. The Balaban J connectivity index is 1.95. The maximum Gasteiger partial charge on any atom is 0.331 e. The molecule has 0 aromatic rings. The molecule has 4 rings (SSSR count). The quantitative estimate of drug-likeness (QED) is 0.357. The predicted octanol–water partition coefficient (Wildman–Crippen LogP) is 3.84. The van der Waals surface area contributed by atoms with Crippen molar-refractivity contribution in [1.82, 2.24) is 0 Å². The monoisotopic (exact) mass is 504 g/mol. The number of carbonyl (C=O) groups excluding carboxylic acids is 2. The lowest BCUT2D eigenvalue weighted by Gasteiger charge is -2.75. The highest BCUT2D eigenvalue weighted by molar-refractivity contribution is 5.85. The summed E-state index contributed by atoms with van der Waals surface area (Å²) in [6, 6.07) is 0. The zero-order valence-electron chi connectivity index (χ0n) is 22.7. The number of hydrogen-bond acceptors (Lipinski definition) is 7. The Hall–Kier alpha value is -1.70. The first kappa shape index (κ1) is 27.3. The normalized spacial score (nSPS) is 43.1. The van der Waals surface area contributed by atoms with E-state index in [1.165, 1.54) is 13.0 Å². The minimum Gasteiger partial charge on any atom is -0.462 e. The molecule has 2 fully saturated rings. The molecule has 2 bridgehead atoms. The van der Waals surface area contributed by atoms with Crippen molar-refractivity contribution in [2.45, 2.75) is 110 Å². The lowest BCUT2D eigenvalue weighted by Crippen LogP contribution is -2.82. The maximum absolute atomic E-state index is 13.0. The highest BCUT2D eigenvalue weighted by Gasteiger charge is 2.80. The Morgan fingerprint density at radius 3 is 2.47 bits per heavy atom. The molecular formula is C29H44O7. The number of hydrogen-bond donors (Lipinski definition) is 3. The third kappa shape index (κ3) is 3.88. The summed E-state index contributed by atoms with van der Waals surface area (Å²) in [6.45, 7) is 11.9. The molecule has 1 aliphatic heterocycles. The number of cyclic esters (lactones) is 1. The Kier molecular flexibility index (Phi) is 6.80. The summed E-state index contributed by atoms with van der Waals surface area (Å²) in [5.41, 5.74) is -4.90. The number of esters is 2. The largest absolute Gasteiger partial charge is 0.462 e. The van der Waals surface area contributed by atoms with Crippen molar-refractivity contribution >= 4 is 11.9 Å². The Morgan fingerprint density at radius 2 is 1.89 bits per heavy atom. The van der Waals surface area contributed by atoms with Crippen molar-refractivity contribution in [1.29, 1.82) is 0 Å². The molecule has 0 amide bonds. The van der Waals surface area contributed by atoms with Gasteiger partial charge >= 0.3 is 11.9 Å². The summed E-state index contributed by atoms with van der Waals surface area (Å²) in [6.07, 6.45) is 6.86. The van der Waals surface area contributed by atoms with Gasteiger partial charge in [0.2, 0.25) is 0 Å². The van der Waals surface area contributed by atoms with Crippen molar-refractivity contribution in [3.63, 3.8) is 0 Å². The van der Waals surface area contributed by atoms with Gasteiger partial charge in [-0.3, -0.25) is 4.79 Å². The van der Waals surface area contributed by atoms with Crippen molar-refractivity contribution in [3.05, 3.63) is 23.8 Å². The third-order valence-electron chi connectivity index (χ3n) is 9.94. The number of fused-ring (bicyclic) bond motifs is 1. The van der Waals surface area contributed by atoms with Gasteiger partial charge in [-0.1, -0.05) is 46.8 Å². The molecule has 4 aliphatic rings. The third-order valence-corrected chi connectivity index (χ3v) is 9.94. The van der Waals surface area contributed by atoms with Gasteiger partial charge in [-0.2, -0.15) is 0 Å². The van der Waals surface area contributed by atoms with Crippen molar-refractivity contribution in [2.24, 2.45) is 28.1 Å². The molecule has 2 saturated carbocycles. The lowest BCUT2D eigenvalue weighted by atomic mass is 9.32. The van der Waals surface area contributed by atoms with E-state index >= 15 is 0 Å². The van der Waals surface area contributed by atoms with E-state index in [-0.39, 0.29) is 19.0 Å². The molecule has 3 aliphatic carbocycles. The Morgan fingerprint density at radius 1 is 1.19 bits per heavy atom. The van der Waals surface area contributed by atoms with Crippen LogP contribution in [0.5, 0.6) is 0 Å². The van der Waals surface area contributed by atoms with Crippen LogP contribution < -0.4 is 0 Å². The van der Waals surface area contributed by atoms with Gasteiger partial charge < -0.3 is 24.8 Å². The van der Waals surface area contributed by atoms with Crippen LogP contribution in [0.25, 0.3) is 0 Å². The summed E-state index contributed by atoms with van der Waals surface area (Å²) >= 11 is 0. The fraction of sp³-hybridized carbons (Fsp3) is 0.793. The standard InChI is InChI=1S/C29H44O7/c1-18(2)7-11-27(33)14-13-26(6)16-21(36-19(3)30)24-25(4,5)10-9-22(31)29(24,27)28(26,34)12-8-20-15-23(32)35-17-20/h13-15,18,21-22,24,31,33-34H,7-12,16-17H2,1-6H3/t21-,22+,24+,26+,27+,28-,29+/m1/s1. The van der Waals surface area contributed by atoms with Crippen molar-refractivity contribution in [2.75, 3.05) is 6.61 Å². The van der Waals surface area contributed by atoms with E-state index in [1.807, 2.05) is 19.1 Å². The topological polar surface area (TPSA) is 113 Å². The van der Waals surface area contributed by atoms with E-state index in [1.54, 1.807) is 0 Å².